The first-order chi connectivity index (χ1) is 14.1. The standard InChI is InChI=1S/C22H28N2O5/c1-4-23(14-16-5-6-19(27-2)20(13-16)28-3)21(25)17-7-10-24(11-8-17)22(26)18-9-12-29-15-18/h5-6,9,12-13,15,17H,4,7-8,10-11,14H2,1-3H3. The number of ether oxygens (including phenoxy) is 2. The van der Waals surface area contributed by atoms with Crippen LogP contribution in [0.5, 0.6) is 11.5 Å². The minimum Gasteiger partial charge on any atom is -0.493 e. The number of amides is 2. The summed E-state index contributed by atoms with van der Waals surface area (Å²) >= 11 is 0. The van der Waals surface area contributed by atoms with Crippen LogP contribution in [0.3, 0.4) is 0 Å². The molecule has 0 unspecified atom stereocenters. The normalized spacial score (nSPS) is 14.5. The smallest absolute Gasteiger partial charge is 0.257 e. The maximum absolute atomic E-state index is 13.1. The van der Waals surface area contributed by atoms with Crippen LogP contribution in [-0.4, -0.2) is 55.5 Å². The van der Waals surface area contributed by atoms with E-state index in [1.165, 1.54) is 12.5 Å². The molecule has 7 heteroatoms. The minimum absolute atomic E-state index is 0.0395. The molecule has 3 rings (SSSR count). The SMILES string of the molecule is CCN(Cc1ccc(OC)c(OC)c1)C(=O)C1CCN(C(=O)c2ccoc2)CC1. The Morgan fingerprint density at radius 3 is 2.45 bits per heavy atom. The summed E-state index contributed by atoms with van der Waals surface area (Å²) in [5.74, 6) is 1.35. The topological polar surface area (TPSA) is 72.2 Å². The largest absolute Gasteiger partial charge is 0.493 e. The van der Waals surface area contributed by atoms with E-state index in [2.05, 4.69) is 0 Å². The highest BCUT2D eigenvalue weighted by Crippen LogP contribution is 2.29. The molecule has 1 aromatic carbocycles. The van der Waals surface area contributed by atoms with E-state index in [1.807, 2.05) is 30.0 Å². The predicted molar refractivity (Wildman–Crippen MR) is 108 cm³/mol. The van der Waals surface area contributed by atoms with Crippen LogP contribution in [0.15, 0.2) is 41.2 Å². The molecule has 1 aromatic heterocycles. The van der Waals surface area contributed by atoms with Gasteiger partial charge in [0.2, 0.25) is 5.91 Å². The zero-order chi connectivity index (χ0) is 20.8. The van der Waals surface area contributed by atoms with E-state index in [-0.39, 0.29) is 17.7 Å². The summed E-state index contributed by atoms with van der Waals surface area (Å²) < 4.78 is 15.6. The summed E-state index contributed by atoms with van der Waals surface area (Å²) in [4.78, 5) is 29.1. The Morgan fingerprint density at radius 2 is 1.86 bits per heavy atom. The van der Waals surface area contributed by atoms with E-state index in [9.17, 15) is 9.59 Å². The minimum atomic E-state index is -0.0662. The van der Waals surface area contributed by atoms with Crippen LogP contribution in [0.25, 0.3) is 0 Å². The average Bonchev–Trinajstić information content (AvgIpc) is 3.31. The van der Waals surface area contributed by atoms with Crippen LogP contribution < -0.4 is 9.47 Å². The molecule has 29 heavy (non-hydrogen) atoms. The number of carbonyl (C=O) groups excluding carboxylic acids is 2. The highest BCUT2D eigenvalue weighted by Gasteiger charge is 2.30. The molecule has 0 radical (unpaired) electrons. The number of nitrogens with zero attached hydrogens (tertiary/aromatic N) is 2. The maximum atomic E-state index is 13.1. The Kier molecular flexibility index (Phi) is 6.80. The van der Waals surface area contributed by atoms with E-state index in [1.54, 1.807) is 25.2 Å². The summed E-state index contributed by atoms with van der Waals surface area (Å²) in [5.41, 5.74) is 1.55. The number of benzene rings is 1. The summed E-state index contributed by atoms with van der Waals surface area (Å²) in [7, 11) is 3.20. The van der Waals surface area contributed by atoms with Gasteiger partial charge in [0.05, 0.1) is 26.0 Å². The first-order valence-corrected chi connectivity index (χ1v) is 9.88. The zero-order valence-electron chi connectivity index (χ0n) is 17.2. The molecule has 2 aromatic rings. The van der Waals surface area contributed by atoms with Gasteiger partial charge in [-0.1, -0.05) is 6.07 Å². The number of methoxy groups -OCH3 is 2. The number of piperidine rings is 1. The van der Waals surface area contributed by atoms with Crippen molar-refractivity contribution in [3.8, 4) is 11.5 Å². The van der Waals surface area contributed by atoms with Gasteiger partial charge < -0.3 is 23.7 Å². The Labute approximate surface area is 171 Å². The highest BCUT2D eigenvalue weighted by molar-refractivity contribution is 5.94. The molecule has 0 N–H and O–H groups in total. The van der Waals surface area contributed by atoms with Crippen molar-refractivity contribution >= 4 is 11.8 Å². The van der Waals surface area contributed by atoms with Gasteiger partial charge in [-0.15, -0.1) is 0 Å². The van der Waals surface area contributed by atoms with Crippen LogP contribution in [-0.2, 0) is 11.3 Å². The third-order valence-corrected chi connectivity index (χ3v) is 5.41. The van der Waals surface area contributed by atoms with Crippen LogP contribution in [0.4, 0.5) is 0 Å². The van der Waals surface area contributed by atoms with Crippen LogP contribution in [0.2, 0.25) is 0 Å². The average molecular weight is 400 g/mol. The lowest BCUT2D eigenvalue weighted by atomic mass is 9.94. The molecule has 0 atom stereocenters. The number of likely N-dealkylation sites (tertiary alicyclic amines) is 1. The molecule has 1 saturated heterocycles. The molecular formula is C22H28N2O5. The first-order valence-electron chi connectivity index (χ1n) is 9.88. The summed E-state index contributed by atoms with van der Waals surface area (Å²) in [6, 6.07) is 7.37. The molecule has 1 aliphatic rings. The number of furan rings is 1. The van der Waals surface area contributed by atoms with Gasteiger partial charge in [0.25, 0.3) is 5.91 Å². The summed E-state index contributed by atoms with van der Waals surface area (Å²) in [5, 5.41) is 0. The molecule has 0 bridgehead atoms. The van der Waals surface area contributed by atoms with Crippen molar-refractivity contribution in [2.45, 2.75) is 26.3 Å². The van der Waals surface area contributed by atoms with Gasteiger partial charge >= 0.3 is 0 Å². The van der Waals surface area contributed by atoms with Gasteiger partial charge in [0.15, 0.2) is 11.5 Å². The predicted octanol–water partition coefficient (Wildman–Crippen LogP) is 3.20. The van der Waals surface area contributed by atoms with Crippen LogP contribution in [0.1, 0.15) is 35.7 Å². The van der Waals surface area contributed by atoms with Crippen LogP contribution >= 0.6 is 0 Å². The molecule has 156 valence electrons. The second-order valence-electron chi connectivity index (χ2n) is 7.12. The number of hydrogen-bond donors (Lipinski definition) is 0. The maximum Gasteiger partial charge on any atom is 0.257 e. The van der Waals surface area contributed by atoms with E-state index in [0.717, 1.165) is 5.56 Å². The fraction of sp³-hybridized carbons (Fsp3) is 0.455. The second-order valence-corrected chi connectivity index (χ2v) is 7.12. The Bertz CT molecular complexity index is 826. The second kappa shape index (κ2) is 9.49. The third-order valence-electron chi connectivity index (χ3n) is 5.41. The quantitative estimate of drug-likeness (QED) is 0.714. The van der Waals surface area contributed by atoms with Gasteiger partial charge in [0, 0.05) is 32.1 Å². The van der Waals surface area contributed by atoms with Crippen LogP contribution in [0, 0.1) is 5.92 Å². The number of rotatable bonds is 7. The number of carbonyl (C=O) groups is 2. The molecule has 1 aliphatic heterocycles. The highest BCUT2D eigenvalue weighted by atomic mass is 16.5. The van der Waals surface area contributed by atoms with Crippen molar-refractivity contribution in [1.29, 1.82) is 0 Å². The molecule has 1 fully saturated rings. The van der Waals surface area contributed by atoms with Crippen molar-refractivity contribution in [2.24, 2.45) is 5.92 Å². The van der Waals surface area contributed by atoms with E-state index >= 15 is 0 Å². The van der Waals surface area contributed by atoms with Gasteiger partial charge in [-0.25, -0.2) is 0 Å². The molecule has 0 saturated carbocycles. The summed E-state index contributed by atoms with van der Waals surface area (Å²) in [6.07, 6.45) is 4.30. The van der Waals surface area contributed by atoms with Crippen molar-refractivity contribution < 1.29 is 23.5 Å². The lowest BCUT2D eigenvalue weighted by Gasteiger charge is -2.34. The Hall–Kier alpha value is -2.96. The Balaban J connectivity index is 1.59. The van der Waals surface area contributed by atoms with Crippen molar-refractivity contribution in [1.82, 2.24) is 9.80 Å². The molecular weight excluding hydrogens is 372 g/mol. The molecule has 0 aliphatic carbocycles. The number of hydrogen-bond acceptors (Lipinski definition) is 5. The fourth-order valence-corrected chi connectivity index (χ4v) is 3.70. The summed E-state index contributed by atoms with van der Waals surface area (Å²) in [6.45, 7) is 4.28. The molecule has 2 amide bonds. The van der Waals surface area contributed by atoms with Gasteiger partial charge in [-0.3, -0.25) is 9.59 Å². The molecule has 2 heterocycles. The van der Waals surface area contributed by atoms with Crippen molar-refractivity contribution in [2.75, 3.05) is 33.9 Å². The van der Waals surface area contributed by atoms with E-state index in [0.29, 0.717) is 56.1 Å². The van der Waals surface area contributed by atoms with Gasteiger partial charge in [-0.2, -0.15) is 0 Å². The first kappa shape index (κ1) is 20.8. The van der Waals surface area contributed by atoms with Gasteiger partial charge in [-0.05, 0) is 43.5 Å². The van der Waals surface area contributed by atoms with E-state index < -0.39 is 0 Å². The lowest BCUT2D eigenvalue weighted by molar-refractivity contribution is -0.137. The fourth-order valence-electron chi connectivity index (χ4n) is 3.70. The van der Waals surface area contributed by atoms with Crippen molar-refractivity contribution in [3.05, 3.63) is 47.9 Å². The monoisotopic (exact) mass is 400 g/mol. The zero-order valence-corrected chi connectivity index (χ0v) is 17.2. The lowest BCUT2D eigenvalue weighted by Crippen LogP contribution is -2.44. The van der Waals surface area contributed by atoms with E-state index in [4.69, 9.17) is 13.9 Å². The van der Waals surface area contributed by atoms with Crippen molar-refractivity contribution in [3.63, 3.8) is 0 Å². The molecule has 7 nitrogen and oxygen atoms in total. The third kappa shape index (κ3) is 4.72. The Morgan fingerprint density at radius 1 is 1.14 bits per heavy atom. The molecule has 0 spiro atoms. The van der Waals surface area contributed by atoms with Gasteiger partial charge in [0.1, 0.15) is 6.26 Å².